The van der Waals surface area contributed by atoms with Crippen LogP contribution in [0.2, 0.25) is 0 Å². The molecule has 3 rings (SSSR count). The Balaban J connectivity index is 1.77. The van der Waals surface area contributed by atoms with Crippen molar-refractivity contribution in [2.45, 2.75) is 27.4 Å². The van der Waals surface area contributed by atoms with Crippen LogP contribution in [0.4, 0.5) is 5.82 Å². The third-order valence-corrected chi connectivity index (χ3v) is 4.01. The van der Waals surface area contributed by atoms with Gasteiger partial charge in [0.2, 0.25) is 5.71 Å². The van der Waals surface area contributed by atoms with Gasteiger partial charge in [0.15, 0.2) is 12.4 Å². The van der Waals surface area contributed by atoms with E-state index in [2.05, 4.69) is 9.97 Å². The van der Waals surface area contributed by atoms with E-state index >= 15 is 0 Å². The lowest BCUT2D eigenvalue weighted by Crippen LogP contribution is -2.10. The Morgan fingerprint density at radius 2 is 1.76 bits per heavy atom. The van der Waals surface area contributed by atoms with E-state index in [0.717, 1.165) is 0 Å². The zero-order valence-corrected chi connectivity index (χ0v) is 16.4. The molecule has 0 amide bonds. The molecule has 0 spiro atoms. The fraction of sp³-hybridized carbons (Fsp3) is 0.300. The second-order valence-electron chi connectivity index (χ2n) is 5.99. The zero-order valence-electron chi connectivity index (χ0n) is 16.4. The van der Waals surface area contributed by atoms with Gasteiger partial charge in [0.1, 0.15) is 22.9 Å². The number of nitrogens with two attached hydrogens (primary N) is 1. The predicted octanol–water partition coefficient (Wildman–Crippen LogP) is 3.05. The molecule has 152 valence electrons. The normalized spacial score (nSPS) is 10.7. The number of furan rings is 1. The van der Waals surface area contributed by atoms with Gasteiger partial charge in [-0.1, -0.05) is 0 Å². The van der Waals surface area contributed by atoms with Crippen LogP contribution < -0.4 is 10.5 Å². The van der Waals surface area contributed by atoms with Crippen molar-refractivity contribution in [2.75, 3.05) is 18.9 Å². The largest absolute Gasteiger partial charge is 0.494 e. The van der Waals surface area contributed by atoms with Gasteiger partial charge in [-0.2, -0.15) is 4.98 Å². The molecule has 9 nitrogen and oxygen atoms in total. The van der Waals surface area contributed by atoms with Gasteiger partial charge in [0.25, 0.3) is 0 Å². The van der Waals surface area contributed by atoms with Gasteiger partial charge in [-0.3, -0.25) is 0 Å². The molecule has 0 saturated heterocycles. The second-order valence-corrected chi connectivity index (χ2v) is 5.99. The van der Waals surface area contributed by atoms with E-state index in [4.69, 9.17) is 24.4 Å². The van der Waals surface area contributed by atoms with Crippen molar-refractivity contribution in [1.82, 2.24) is 9.97 Å². The first-order valence-corrected chi connectivity index (χ1v) is 9.07. The monoisotopic (exact) mass is 399 g/mol. The van der Waals surface area contributed by atoms with Crippen molar-refractivity contribution in [3.8, 4) is 5.75 Å². The van der Waals surface area contributed by atoms with Crippen molar-refractivity contribution in [3.63, 3.8) is 0 Å². The molecule has 29 heavy (non-hydrogen) atoms. The molecule has 0 aliphatic rings. The molecular weight excluding hydrogens is 378 g/mol. The van der Waals surface area contributed by atoms with E-state index < -0.39 is 11.9 Å². The minimum atomic E-state index is -0.561. The Labute approximate surface area is 166 Å². The molecule has 0 aliphatic carbocycles. The number of nitrogens with zero attached hydrogens (tertiary/aromatic N) is 2. The zero-order chi connectivity index (χ0) is 21.0. The third-order valence-electron chi connectivity index (χ3n) is 4.01. The Morgan fingerprint density at radius 1 is 1.03 bits per heavy atom. The summed E-state index contributed by atoms with van der Waals surface area (Å²) in [6.45, 7) is 5.73. The SMILES string of the molecule is CCOC(=O)c1c(C)oc2nc(COC(=O)c3ccc(OCC)cc3)nc(N)c12. The Kier molecular flexibility index (Phi) is 5.96. The number of aromatic nitrogens is 2. The number of rotatable bonds is 7. The van der Waals surface area contributed by atoms with E-state index in [1.807, 2.05) is 6.92 Å². The Bertz CT molecular complexity index is 1040. The molecule has 0 radical (unpaired) electrons. The maximum atomic E-state index is 12.2. The molecule has 0 aliphatic heterocycles. The maximum absolute atomic E-state index is 12.2. The second kappa shape index (κ2) is 8.59. The number of nitrogen functional groups attached to an aromatic ring is 1. The highest BCUT2D eigenvalue weighted by Crippen LogP contribution is 2.29. The quantitative estimate of drug-likeness (QED) is 0.596. The first kappa shape index (κ1) is 20.1. The number of fused-ring (bicyclic) bond motifs is 1. The Hall–Kier alpha value is -3.62. The number of ether oxygens (including phenoxy) is 3. The van der Waals surface area contributed by atoms with Gasteiger partial charge in [0, 0.05) is 0 Å². The number of aryl methyl sites for hydroxylation is 1. The summed E-state index contributed by atoms with van der Waals surface area (Å²) in [7, 11) is 0. The van der Waals surface area contributed by atoms with E-state index in [1.165, 1.54) is 0 Å². The third kappa shape index (κ3) is 4.29. The first-order chi connectivity index (χ1) is 13.9. The van der Waals surface area contributed by atoms with Gasteiger partial charge < -0.3 is 24.4 Å². The lowest BCUT2D eigenvalue weighted by molar-refractivity contribution is 0.0461. The number of carbonyl (C=O) groups excluding carboxylic acids is 2. The highest BCUT2D eigenvalue weighted by molar-refractivity contribution is 6.07. The van der Waals surface area contributed by atoms with Crippen molar-refractivity contribution in [2.24, 2.45) is 0 Å². The summed E-state index contributed by atoms with van der Waals surface area (Å²) in [6.07, 6.45) is 0. The number of hydrogen-bond acceptors (Lipinski definition) is 9. The fourth-order valence-electron chi connectivity index (χ4n) is 2.76. The number of esters is 2. The van der Waals surface area contributed by atoms with Crippen LogP contribution in [-0.2, 0) is 16.1 Å². The fourth-order valence-corrected chi connectivity index (χ4v) is 2.76. The van der Waals surface area contributed by atoms with Crippen LogP contribution in [0, 0.1) is 6.92 Å². The molecule has 3 aromatic rings. The van der Waals surface area contributed by atoms with E-state index in [-0.39, 0.29) is 41.5 Å². The van der Waals surface area contributed by atoms with Gasteiger partial charge >= 0.3 is 11.9 Å². The molecule has 2 aromatic heterocycles. The minimum Gasteiger partial charge on any atom is -0.494 e. The summed E-state index contributed by atoms with van der Waals surface area (Å²) < 4.78 is 21.1. The molecule has 0 fully saturated rings. The number of anilines is 1. The van der Waals surface area contributed by atoms with Crippen LogP contribution in [0.3, 0.4) is 0 Å². The van der Waals surface area contributed by atoms with Crippen molar-refractivity contribution < 1.29 is 28.2 Å². The molecule has 0 unspecified atom stereocenters. The first-order valence-electron chi connectivity index (χ1n) is 9.07. The molecule has 0 atom stereocenters. The van der Waals surface area contributed by atoms with Gasteiger partial charge in [-0.05, 0) is 45.0 Å². The molecule has 9 heteroatoms. The summed E-state index contributed by atoms with van der Waals surface area (Å²) in [6, 6.07) is 6.58. The Morgan fingerprint density at radius 3 is 2.41 bits per heavy atom. The van der Waals surface area contributed by atoms with Gasteiger partial charge in [-0.25, -0.2) is 14.6 Å². The standard InChI is InChI=1S/C20H21N3O6/c1-4-26-13-8-6-12(7-9-13)19(24)28-10-14-22-17(21)16-15(20(25)27-5-2)11(3)29-18(16)23-14/h6-9H,4-5,10H2,1-3H3,(H2,21,22,23). The molecule has 2 heterocycles. The molecule has 1 aromatic carbocycles. The molecule has 0 bridgehead atoms. The average Bonchev–Trinajstić information content (AvgIpc) is 3.03. The highest BCUT2D eigenvalue weighted by Gasteiger charge is 2.24. The average molecular weight is 399 g/mol. The summed E-state index contributed by atoms with van der Waals surface area (Å²) in [5.41, 5.74) is 6.68. The summed E-state index contributed by atoms with van der Waals surface area (Å²) >= 11 is 0. The van der Waals surface area contributed by atoms with Crippen LogP contribution in [0.25, 0.3) is 11.1 Å². The lowest BCUT2D eigenvalue weighted by atomic mass is 10.2. The van der Waals surface area contributed by atoms with E-state index in [1.54, 1.807) is 38.1 Å². The minimum absolute atomic E-state index is 0.0435. The van der Waals surface area contributed by atoms with Crippen LogP contribution in [0.15, 0.2) is 28.7 Å². The van der Waals surface area contributed by atoms with Gasteiger partial charge in [-0.15, -0.1) is 0 Å². The van der Waals surface area contributed by atoms with Crippen molar-refractivity contribution in [3.05, 3.63) is 47.0 Å². The number of carbonyl (C=O) groups is 2. The van der Waals surface area contributed by atoms with Crippen LogP contribution in [0.5, 0.6) is 5.75 Å². The predicted molar refractivity (Wildman–Crippen MR) is 104 cm³/mol. The van der Waals surface area contributed by atoms with Crippen molar-refractivity contribution >= 4 is 28.9 Å². The maximum Gasteiger partial charge on any atom is 0.342 e. The number of hydrogen-bond donors (Lipinski definition) is 1. The molecular formula is C20H21N3O6. The van der Waals surface area contributed by atoms with Gasteiger partial charge in [0.05, 0.1) is 24.2 Å². The molecule has 2 N–H and O–H groups in total. The van der Waals surface area contributed by atoms with Crippen molar-refractivity contribution in [1.29, 1.82) is 0 Å². The summed E-state index contributed by atoms with van der Waals surface area (Å²) in [5, 5.41) is 0.280. The van der Waals surface area contributed by atoms with Crippen LogP contribution in [-0.4, -0.2) is 35.1 Å². The molecule has 0 saturated carbocycles. The topological polar surface area (TPSA) is 127 Å². The van der Waals surface area contributed by atoms with E-state index in [0.29, 0.717) is 23.7 Å². The number of benzene rings is 1. The smallest absolute Gasteiger partial charge is 0.342 e. The lowest BCUT2D eigenvalue weighted by Gasteiger charge is -2.07. The van der Waals surface area contributed by atoms with Crippen LogP contribution >= 0.6 is 0 Å². The highest BCUT2D eigenvalue weighted by atomic mass is 16.5. The summed E-state index contributed by atoms with van der Waals surface area (Å²) in [4.78, 5) is 32.7. The summed E-state index contributed by atoms with van der Waals surface area (Å²) in [5.74, 6) is 0.0755. The van der Waals surface area contributed by atoms with Crippen LogP contribution in [0.1, 0.15) is 46.1 Å². The van der Waals surface area contributed by atoms with E-state index in [9.17, 15) is 9.59 Å².